The smallest absolute Gasteiger partial charge is 0.273 e. The summed E-state index contributed by atoms with van der Waals surface area (Å²) < 4.78 is 7.08. The third kappa shape index (κ3) is 1.66. The van der Waals surface area contributed by atoms with E-state index in [1.54, 1.807) is 9.47 Å². The van der Waals surface area contributed by atoms with Crippen molar-refractivity contribution in [1.29, 1.82) is 0 Å². The molecule has 2 aliphatic rings. The van der Waals surface area contributed by atoms with Crippen LogP contribution in [-0.2, 0) is 11.3 Å². The molecule has 0 radical (unpaired) electrons. The molecule has 100 valence electrons. The number of carbonyl (C=O) groups is 2. The summed E-state index contributed by atoms with van der Waals surface area (Å²) in [7, 11) is 0. The molecule has 1 saturated heterocycles. The maximum Gasteiger partial charge on any atom is 0.273 e. The van der Waals surface area contributed by atoms with Gasteiger partial charge in [-0.15, -0.1) is 0 Å². The van der Waals surface area contributed by atoms with Crippen molar-refractivity contribution in [2.75, 3.05) is 6.61 Å². The molecule has 3 rings (SSSR count). The molecule has 2 aliphatic heterocycles. The van der Waals surface area contributed by atoms with Gasteiger partial charge in [0.05, 0.1) is 19.2 Å². The Hall–Kier alpha value is -2.15. The second-order valence-electron chi connectivity index (χ2n) is 4.80. The summed E-state index contributed by atoms with van der Waals surface area (Å²) in [6.45, 7) is 2.76. The van der Waals surface area contributed by atoms with Gasteiger partial charge in [-0.3, -0.25) is 14.4 Å². The van der Waals surface area contributed by atoms with Gasteiger partial charge in [-0.2, -0.15) is 0 Å². The molecular weight excluding hydrogens is 250 g/mol. The van der Waals surface area contributed by atoms with Crippen LogP contribution >= 0.6 is 0 Å². The average molecular weight is 263 g/mol. The molecule has 1 aromatic heterocycles. The lowest BCUT2D eigenvalue weighted by atomic mass is 10.1. The van der Waals surface area contributed by atoms with Gasteiger partial charge in [-0.25, -0.2) is 0 Å². The van der Waals surface area contributed by atoms with E-state index in [0.717, 1.165) is 0 Å². The number of pyridine rings is 1. The molecule has 0 saturated carbocycles. The van der Waals surface area contributed by atoms with Crippen molar-refractivity contribution in [3.63, 3.8) is 0 Å². The Bertz CT molecular complexity index is 636. The van der Waals surface area contributed by atoms with Gasteiger partial charge < -0.3 is 19.9 Å². The predicted octanol–water partition coefficient (Wildman–Crippen LogP) is -0.852. The number of primary amides is 1. The van der Waals surface area contributed by atoms with Crippen molar-refractivity contribution < 1.29 is 14.3 Å². The van der Waals surface area contributed by atoms with Crippen LogP contribution in [0.15, 0.2) is 17.1 Å². The molecule has 3 heterocycles. The van der Waals surface area contributed by atoms with Crippen LogP contribution < -0.4 is 11.2 Å². The molecule has 7 heteroatoms. The highest BCUT2D eigenvalue weighted by molar-refractivity contribution is 5.96. The first-order chi connectivity index (χ1) is 8.99. The third-order valence-electron chi connectivity index (χ3n) is 3.51. The van der Waals surface area contributed by atoms with Crippen molar-refractivity contribution >= 4 is 11.8 Å². The fourth-order valence-corrected chi connectivity index (χ4v) is 2.56. The van der Waals surface area contributed by atoms with E-state index < -0.39 is 11.3 Å². The van der Waals surface area contributed by atoms with Gasteiger partial charge in [0.1, 0.15) is 11.3 Å². The Kier molecular flexibility index (Phi) is 2.46. The summed E-state index contributed by atoms with van der Waals surface area (Å²) in [5.41, 5.74) is 4.76. The first-order valence-electron chi connectivity index (χ1n) is 5.97. The zero-order valence-corrected chi connectivity index (χ0v) is 10.3. The summed E-state index contributed by atoms with van der Waals surface area (Å²) in [5, 5.41) is 0. The second kappa shape index (κ2) is 3.92. The third-order valence-corrected chi connectivity index (χ3v) is 3.51. The first-order valence-corrected chi connectivity index (χ1v) is 5.97. The molecule has 2 unspecified atom stereocenters. The Balaban J connectivity index is 2.13. The quantitative estimate of drug-likeness (QED) is 0.713. The van der Waals surface area contributed by atoms with E-state index in [1.165, 1.54) is 12.3 Å². The summed E-state index contributed by atoms with van der Waals surface area (Å²) in [4.78, 5) is 36.8. The Labute approximate surface area is 108 Å². The van der Waals surface area contributed by atoms with E-state index in [4.69, 9.17) is 10.5 Å². The highest BCUT2D eigenvalue weighted by Crippen LogP contribution is 2.25. The number of hydrogen-bond donors (Lipinski definition) is 1. The minimum absolute atomic E-state index is 0.0165. The number of ether oxygens (including phenoxy) is 1. The minimum Gasteiger partial charge on any atom is -0.365 e. The number of amides is 2. The minimum atomic E-state index is -0.795. The zero-order chi connectivity index (χ0) is 13.7. The Morgan fingerprint density at radius 2 is 2.21 bits per heavy atom. The fraction of sp³-hybridized carbons (Fsp3) is 0.417. The molecule has 1 aromatic rings. The Morgan fingerprint density at radius 3 is 2.89 bits per heavy atom. The maximum absolute atomic E-state index is 12.3. The molecule has 7 nitrogen and oxygen atoms in total. The fourth-order valence-electron chi connectivity index (χ4n) is 2.56. The van der Waals surface area contributed by atoms with E-state index >= 15 is 0 Å². The van der Waals surface area contributed by atoms with Gasteiger partial charge in [0, 0.05) is 12.3 Å². The summed E-state index contributed by atoms with van der Waals surface area (Å²) in [6, 6.07) is 1.15. The van der Waals surface area contributed by atoms with Crippen molar-refractivity contribution in [3.05, 3.63) is 33.7 Å². The SMILES string of the molecule is CC1COC2Cn3cc(C(N)=O)c(=O)cc3C(=O)N12. The predicted molar refractivity (Wildman–Crippen MR) is 64.6 cm³/mol. The molecule has 2 atom stereocenters. The topological polar surface area (TPSA) is 94.6 Å². The van der Waals surface area contributed by atoms with E-state index in [-0.39, 0.29) is 29.4 Å². The molecule has 19 heavy (non-hydrogen) atoms. The average Bonchev–Trinajstić information content (AvgIpc) is 2.71. The number of rotatable bonds is 1. The van der Waals surface area contributed by atoms with Crippen LogP contribution in [0.4, 0.5) is 0 Å². The van der Waals surface area contributed by atoms with Crippen LogP contribution in [0, 0.1) is 0 Å². The lowest BCUT2D eigenvalue weighted by molar-refractivity contribution is 0.00674. The lowest BCUT2D eigenvalue weighted by Crippen LogP contribution is -2.48. The van der Waals surface area contributed by atoms with E-state index in [9.17, 15) is 14.4 Å². The van der Waals surface area contributed by atoms with Crippen LogP contribution in [0.1, 0.15) is 27.8 Å². The molecule has 0 spiro atoms. The molecule has 0 aromatic carbocycles. The van der Waals surface area contributed by atoms with Gasteiger partial charge in [-0.05, 0) is 6.92 Å². The van der Waals surface area contributed by atoms with Gasteiger partial charge in [0.25, 0.3) is 11.8 Å². The second-order valence-corrected chi connectivity index (χ2v) is 4.80. The standard InChI is InChI=1S/C12H13N3O4/c1-6-5-19-10-4-14-3-7(11(13)17)9(16)2-8(14)12(18)15(6)10/h2-3,6,10H,4-5H2,1H3,(H2,13,17). The Morgan fingerprint density at radius 1 is 1.47 bits per heavy atom. The number of hydrogen-bond acceptors (Lipinski definition) is 4. The van der Waals surface area contributed by atoms with Crippen molar-refractivity contribution in [2.24, 2.45) is 5.73 Å². The summed E-state index contributed by atoms with van der Waals surface area (Å²) in [5.74, 6) is -1.05. The molecular formula is C12H13N3O4. The first kappa shape index (κ1) is 11.9. The van der Waals surface area contributed by atoms with Crippen LogP contribution in [-0.4, -0.2) is 40.2 Å². The highest BCUT2D eigenvalue weighted by atomic mass is 16.5. The normalized spacial score (nSPS) is 25.1. The molecule has 1 fully saturated rings. The number of nitrogens with zero attached hydrogens (tertiary/aromatic N) is 2. The summed E-state index contributed by atoms with van der Waals surface area (Å²) >= 11 is 0. The molecule has 2 amide bonds. The maximum atomic E-state index is 12.3. The monoisotopic (exact) mass is 263 g/mol. The number of nitrogens with two attached hydrogens (primary N) is 1. The van der Waals surface area contributed by atoms with Crippen LogP contribution in [0.2, 0.25) is 0 Å². The molecule has 2 N–H and O–H groups in total. The van der Waals surface area contributed by atoms with Crippen molar-refractivity contribution in [3.8, 4) is 0 Å². The van der Waals surface area contributed by atoms with Crippen LogP contribution in [0.25, 0.3) is 0 Å². The zero-order valence-electron chi connectivity index (χ0n) is 10.3. The van der Waals surface area contributed by atoms with Crippen LogP contribution in [0.3, 0.4) is 0 Å². The molecule has 0 bridgehead atoms. The molecule has 0 aliphatic carbocycles. The largest absolute Gasteiger partial charge is 0.365 e. The van der Waals surface area contributed by atoms with Gasteiger partial charge >= 0.3 is 0 Å². The lowest BCUT2D eigenvalue weighted by Gasteiger charge is -2.33. The van der Waals surface area contributed by atoms with Gasteiger partial charge in [-0.1, -0.05) is 0 Å². The van der Waals surface area contributed by atoms with Crippen molar-refractivity contribution in [1.82, 2.24) is 9.47 Å². The summed E-state index contributed by atoms with van der Waals surface area (Å²) in [6.07, 6.45) is 0.986. The highest BCUT2D eigenvalue weighted by Gasteiger charge is 2.40. The van der Waals surface area contributed by atoms with Crippen LogP contribution in [0.5, 0.6) is 0 Å². The number of carbonyl (C=O) groups excluding carboxylic acids is 2. The van der Waals surface area contributed by atoms with Gasteiger partial charge in [0.2, 0.25) is 0 Å². The van der Waals surface area contributed by atoms with Gasteiger partial charge in [0.15, 0.2) is 11.7 Å². The van der Waals surface area contributed by atoms with E-state index in [2.05, 4.69) is 0 Å². The van der Waals surface area contributed by atoms with E-state index in [1.807, 2.05) is 6.92 Å². The number of fused-ring (bicyclic) bond motifs is 2. The van der Waals surface area contributed by atoms with E-state index in [0.29, 0.717) is 13.2 Å². The number of aromatic nitrogens is 1. The van der Waals surface area contributed by atoms with Crippen molar-refractivity contribution in [2.45, 2.75) is 25.7 Å².